The summed E-state index contributed by atoms with van der Waals surface area (Å²) >= 11 is 0. The van der Waals surface area contributed by atoms with Crippen molar-refractivity contribution >= 4 is 16.7 Å². The van der Waals surface area contributed by atoms with Crippen molar-refractivity contribution in [2.24, 2.45) is 0 Å². The minimum absolute atomic E-state index is 0.0294. The predicted octanol–water partition coefficient (Wildman–Crippen LogP) is 2.75. The molecule has 2 aromatic heterocycles. The molecule has 3 aromatic rings. The molecule has 1 aromatic carbocycles. The van der Waals surface area contributed by atoms with Crippen LogP contribution in [-0.2, 0) is 17.8 Å². The van der Waals surface area contributed by atoms with Crippen molar-refractivity contribution in [3.05, 3.63) is 71.8 Å². The lowest BCUT2D eigenvalue weighted by atomic mass is 10.0. The number of hydrogen-bond acceptors (Lipinski definition) is 4. The Kier molecular flexibility index (Phi) is 4.78. The van der Waals surface area contributed by atoms with Gasteiger partial charge >= 0.3 is 0 Å². The number of carbonyl (C=O) groups excluding carboxylic acids is 1. The van der Waals surface area contributed by atoms with Gasteiger partial charge in [0.05, 0.1) is 0 Å². The zero-order valence-corrected chi connectivity index (χ0v) is 13.1. The number of amides is 1. The van der Waals surface area contributed by atoms with E-state index in [2.05, 4.69) is 15.3 Å². The van der Waals surface area contributed by atoms with E-state index in [1.807, 2.05) is 42.7 Å². The molecule has 0 atom stereocenters. The Labute approximate surface area is 140 Å². The molecule has 5 nitrogen and oxygen atoms in total. The Hall–Kier alpha value is -3.26. The zero-order chi connectivity index (χ0) is 16.8. The highest BCUT2D eigenvalue weighted by atomic mass is 16.1. The summed E-state index contributed by atoms with van der Waals surface area (Å²) in [4.78, 5) is 20.2. The number of carbonyl (C=O) groups is 1. The Morgan fingerprint density at radius 2 is 2.08 bits per heavy atom. The fraction of sp³-hybridized carbons (Fsp3) is 0.158. The quantitative estimate of drug-likeness (QED) is 0.785. The predicted molar refractivity (Wildman–Crippen MR) is 90.9 cm³/mol. The molecule has 0 radical (unpaired) electrons. The highest BCUT2D eigenvalue weighted by Crippen LogP contribution is 2.18. The lowest BCUT2D eigenvalue weighted by Crippen LogP contribution is -2.23. The summed E-state index contributed by atoms with van der Waals surface area (Å²) in [6, 6.07) is 13.5. The first kappa shape index (κ1) is 15.6. The van der Waals surface area contributed by atoms with Crippen LogP contribution in [-0.4, -0.2) is 15.9 Å². The maximum atomic E-state index is 12.1. The molecule has 5 heteroatoms. The molecule has 118 valence electrons. The van der Waals surface area contributed by atoms with Crippen LogP contribution in [0.3, 0.4) is 0 Å². The number of aromatic nitrogens is 2. The second kappa shape index (κ2) is 7.34. The number of nitrogens with one attached hydrogen (secondary N) is 1. The van der Waals surface area contributed by atoms with Gasteiger partial charge in [-0.25, -0.2) is 4.98 Å². The molecule has 0 saturated heterocycles. The Bertz CT molecular complexity index is 909. The van der Waals surface area contributed by atoms with Crippen LogP contribution >= 0.6 is 0 Å². The van der Waals surface area contributed by atoms with E-state index in [4.69, 9.17) is 5.26 Å². The van der Waals surface area contributed by atoms with Crippen LogP contribution < -0.4 is 5.32 Å². The standard InChI is InChI=1S/C19H16N4O/c20-10-17-9-14(7-8-22-17)11-23-19(24)6-5-16-13-21-12-15-3-1-2-4-18(15)16/h1-4,7-9,12-13H,5-6,11H2,(H,23,24). The number of nitrogens with zero attached hydrogens (tertiary/aromatic N) is 3. The van der Waals surface area contributed by atoms with Gasteiger partial charge in [0.15, 0.2) is 0 Å². The van der Waals surface area contributed by atoms with E-state index in [9.17, 15) is 4.79 Å². The van der Waals surface area contributed by atoms with Crippen molar-refractivity contribution in [1.29, 1.82) is 5.26 Å². The molecule has 0 saturated carbocycles. The second-order valence-corrected chi connectivity index (χ2v) is 5.46. The average Bonchev–Trinajstić information content (AvgIpc) is 2.64. The van der Waals surface area contributed by atoms with Gasteiger partial charge in [0.25, 0.3) is 0 Å². The largest absolute Gasteiger partial charge is 0.352 e. The summed E-state index contributed by atoms with van der Waals surface area (Å²) in [6.07, 6.45) is 6.25. The molecular weight excluding hydrogens is 300 g/mol. The van der Waals surface area contributed by atoms with E-state index < -0.39 is 0 Å². The van der Waals surface area contributed by atoms with Gasteiger partial charge in [0, 0.05) is 36.9 Å². The molecular formula is C19H16N4O. The summed E-state index contributed by atoms with van der Waals surface area (Å²) in [7, 11) is 0. The molecule has 0 spiro atoms. The monoisotopic (exact) mass is 316 g/mol. The molecule has 2 heterocycles. The van der Waals surface area contributed by atoms with Crippen molar-refractivity contribution in [2.75, 3.05) is 0 Å². The van der Waals surface area contributed by atoms with Gasteiger partial charge in [-0.3, -0.25) is 9.78 Å². The number of nitriles is 1. The number of fused-ring (bicyclic) bond motifs is 1. The molecule has 0 aliphatic heterocycles. The smallest absolute Gasteiger partial charge is 0.220 e. The van der Waals surface area contributed by atoms with Crippen molar-refractivity contribution < 1.29 is 4.79 Å². The first-order valence-corrected chi connectivity index (χ1v) is 7.69. The fourth-order valence-electron chi connectivity index (χ4n) is 2.56. The third-order valence-electron chi connectivity index (χ3n) is 3.80. The molecule has 24 heavy (non-hydrogen) atoms. The summed E-state index contributed by atoms with van der Waals surface area (Å²) < 4.78 is 0. The summed E-state index contributed by atoms with van der Waals surface area (Å²) in [5, 5.41) is 13.9. The maximum Gasteiger partial charge on any atom is 0.220 e. The number of pyridine rings is 2. The van der Waals surface area contributed by atoms with Crippen LogP contribution in [0.4, 0.5) is 0 Å². The number of rotatable bonds is 5. The van der Waals surface area contributed by atoms with Crippen LogP contribution in [0.1, 0.15) is 23.2 Å². The van der Waals surface area contributed by atoms with Crippen LogP contribution in [0.2, 0.25) is 0 Å². The highest BCUT2D eigenvalue weighted by Gasteiger charge is 2.06. The van der Waals surface area contributed by atoms with Gasteiger partial charge in [-0.2, -0.15) is 5.26 Å². The van der Waals surface area contributed by atoms with Crippen molar-refractivity contribution in [3.63, 3.8) is 0 Å². The first-order chi connectivity index (χ1) is 11.8. The topological polar surface area (TPSA) is 78.7 Å². The average molecular weight is 316 g/mol. The molecule has 0 unspecified atom stereocenters. The normalized spacial score (nSPS) is 10.3. The fourth-order valence-corrected chi connectivity index (χ4v) is 2.56. The van der Waals surface area contributed by atoms with E-state index in [1.165, 1.54) is 0 Å². The van der Waals surface area contributed by atoms with Gasteiger partial charge in [0.2, 0.25) is 5.91 Å². The minimum Gasteiger partial charge on any atom is -0.352 e. The number of benzene rings is 1. The van der Waals surface area contributed by atoms with E-state index in [-0.39, 0.29) is 5.91 Å². The second-order valence-electron chi connectivity index (χ2n) is 5.46. The van der Waals surface area contributed by atoms with Crippen LogP contribution in [0.5, 0.6) is 0 Å². The van der Waals surface area contributed by atoms with Crippen molar-refractivity contribution in [1.82, 2.24) is 15.3 Å². The molecule has 3 rings (SSSR count). The Morgan fingerprint density at radius 1 is 1.21 bits per heavy atom. The summed E-state index contributed by atoms with van der Waals surface area (Å²) in [5.74, 6) is -0.0294. The zero-order valence-electron chi connectivity index (χ0n) is 13.1. The third kappa shape index (κ3) is 3.73. The summed E-state index contributed by atoms with van der Waals surface area (Å²) in [6.45, 7) is 0.393. The highest BCUT2D eigenvalue weighted by molar-refractivity contribution is 5.85. The van der Waals surface area contributed by atoms with Gasteiger partial charge in [-0.1, -0.05) is 24.3 Å². The molecule has 0 aliphatic rings. The Balaban J connectivity index is 1.58. The van der Waals surface area contributed by atoms with E-state index in [0.29, 0.717) is 25.1 Å². The third-order valence-corrected chi connectivity index (χ3v) is 3.80. The van der Waals surface area contributed by atoms with Gasteiger partial charge in [0.1, 0.15) is 11.8 Å². The Morgan fingerprint density at radius 3 is 2.96 bits per heavy atom. The maximum absolute atomic E-state index is 12.1. The van der Waals surface area contributed by atoms with Crippen LogP contribution in [0, 0.1) is 11.3 Å². The molecule has 0 fully saturated rings. The van der Waals surface area contributed by atoms with Gasteiger partial charge in [-0.15, -0.1) is 0 Å². The molecule has 1 N–H and O–H groups in total. The van der Waals surface area contributed by atoms with Gasteiger partial charge in [-0.05, 0) is 35.1 Å². The number of hydrogen-bond donors (Lipinski definition) is 1. The van der Waals surface area contributed by atoms with Crippen molar-refractivity contribution in [2.45, 2.75) is 19.4 Å². The van der Waals surface area contributed by atoms with Gasteiger partial charge < -0.3 is 5.32 Å². The first-order valence-electron chi connectivity index (χ1n) is 7.69. The van der Waals surface area contributed by atoms with Crippen molar-refractivity contribution in [3.8, 4) is 6.07 Å². The summed E-state index contributed by atoms with van der Waals surface area (Å²) in [5.41, 5.74) is 2.28. The lowest BCUT2D eigenvalue weighted by molar-refractivity contribution is -0.121. The van der Waals surface area contributed by atoms with Crippen LogP contribution in [0.25, 0.3) is 10.8 Å². The van der Waals surface area contributed by atoms with E-state index in [0.717, 1.165) is 21.9 Å². The SMILES string of the molecule is N#Cc1cc(CNC(=O)CCc2cncc3ccccc23)ccn1. The molecule has 0 bridgehead atoms. The number of aryl methyl sites for hydroxylation is 1. The lowest BCUT2D eigenvalue weighted by Gasteiger charge is -2.07. The molecule has 1 amide bonds. The van der Waals surface area contributed by atoms with Crippen LogP contribution in [0.15, 0.2) is 55.0 Å². The van der Waals surface area contributed by atoms with E-state index >= 15 is 0 Å². The molecule has 0 aliphatic carbocycles. The minimum atomic E-state index is -0.0294. The van der Waals surface area contributed by atoms with E-state index in [1.54, 1.807) is 18.3 Å².